The van der Waals surface area contributed by atoms with Gasteiger partial charge in [-0.3, -0.25) is 0 Å². The van der Waals surface area contributed by atoms with E-state index >= 15 is 0 Å². The van der Waals surface area contributed by atoms with Gasteiger partial charge in [0.25, 0.3) is 0 Å². The summed E-state index contributed by atoms with van der Waals surface area (Å²) in [7, 11) is 4.21. The summed E-state index contributed by atoms with van der Waals surface area (Å²) >= 11 is 3.27. The molecule has 0 aromatic carbocycles. The van der Waals surface area contributed by atoms with Crippen molar-refractivity contribution in [3.8, 4) is 0 Å². The number of hydrogen-bond donors (Lipinski definition) is 1. The molecule has 0 saturated carbocycles. The van der Waals surface area contributed by atoms with E-state index in [2.05, 4.69) is 33.7 Å². The molecular weight excluding hydrogens is 240 g/mol. The van der Waals surface area contributed by atoms with E-state index in [1.165, 1.54) is 18.0 Å². The number of nitrogens with zero attached hydrogens (tertiary/aromatic N) is 3. The molecule has 1 heterocycles. The summed E-state index contributed by atoms with van der Waals surface area (Å²) in [5.74, 6) is 1.95. The van der Waals surface area contributed by atoms with Crippen LogP contribution in [0.4, 0.5) is 0 Å². The lowest BCUT2D eigenvalue weighted by Crippen LogP contribution is -2.23. The first-order valence-corrected chi connectivity index (χ1v) is 7.23. The van der Waals surface area contributed by atoms with Gasteiger partial charge in [-0.05, 0) is 52.1 Å². The van der Waals surface area contributed by atoms with Crippen LogP contribution in [0.15, 0.2) is 4.34 Å². The highest BCUT2D eigenvalue weighted by molar-refractivity contribution is 8.00. The molecular formula is C10H20N4S2. The standard InChI is InChI=1S/C10H20N4S2/c1-9-12-10(16-13-9)15-8-6-11-5-4-7-14(2)3/h11H,4-8H2,1-3H3. The van der Waals surface area contributed by atoms with Crippen molar-refractivity contribution in [2.45, 2.75) is 17.7 Å². The van der Waals surface area contributed by atoms with Crippen molar-refractivity contribution in [3.63, 3.8) is 0 Å². The minimum absolute atomic E-state index is 0.881. The van der Waals surface area contributed by atoms with Crippen LogP contribution in [0.1, 0.15) is 12.2 Å². The molecule has 0 saturated heterocycles. The molecule has 0 bridgehead atoms. The van der Waals surface area contributed by atoms with Gasteiger partial charge in [-0.15, -0.1) is 0 Å². The van der Waals surface area contributed by atoms with E-state index in [0.717, 1.165) is 35.6 Å². The number of aryl methyl sites for hydroxylation is 1. The highest BCUT2D eigenvalue weighted by Crippen LogP contribution is 2.18. The Hall–Kier alpha value is -0.170. The topological polar surface area (TPSA) is 41.1 Å². The summed E-state index contributed by atoms with van der Waals surface area (Å²) in [6.45, 7) is 5.21. The van der Waals surface area contributed by atoms with Gasteiger partial charge in [-0.1, -0.05) is 11.8 Å². The molecule has 0 aliphatic heterocycles. The molecule has 1 aromatic heterocycles. The zero-order valence-electron chi connectivity index (χ0n) is 10.2. The molecule has 0 spiro atoms. The molecule has 1 N–H and O–H groups in total. The highest BCUT2D eigenvalue weighted by Gasteiger charge is 1.99. The first-order valence-electron chi connectivity index (χ1n) is 5.47. The molecule has 4 nitrogen and oxygen atoms in total. The van der Waals surface area contributed by atoms with E-state index in [-0.39, 0.29) is 0 Å². The number of hydrogen-bond acceptors (Lipinski definition) is 6. The van der Waals surface area contributed by atoms with Crippen molar-refractivity contribution >= 4 is 23.3 Å². The molecule has 0 aliphatic rings. The van der Waals surface area contributed by atoms with Crippen LogP contribution in [0.5, 0.6) is 0 Å². The lowest BCUT2D eigenvalue weighted by molar-refractivity contribution is 0.396. The van der Waals surface area contributed by atoms with E-state index in [1.54, 1.807) is 11.8 Å². The predicted molar refractivity (Wildman–Crippen MR) is 71.4 cm³/mol. The smallest absolute Gasteiger partial charge is 0.170 e. The van der Waals surface area contributed by atoms with Crippen molar-refractivity contribution in [1.82, 2.24) is 19.6 Å². The Bertz CT molecular complexity index is 288. The Kier molecular flexibility index (Phi) is 6.95. The maximum atomic E-state index is 4.30. The molecule has 92 valence electrons. The van der Waals surface area contributed by atoms with Crippen LogP contribution in [0.3, 0.4) is 0 Å². The third kappa shape index (κ3) is 6.42. The maximum Gasteiger partial charge on any atom is 0.170 e. The zero-order chi connectivity index (χ0) is 11.8. The SMILES string of the molecule is Cc1nsc(SCCNCCCN(C)C)n1. The molecule has 6 heteroatoms. The summed E-state index contributed by atoms with van der Waals surface area (Å²) < 4.78 is 5.22. The molecule has 0 radical (unpaired) electrons. The Morgan fingerprint density at radius 3 is 2.81 bits per heavy atom. The zero-order valence-corrected chi connectivity index (χ0v) is 11.8. The third-order valence-corrected chi connectivity index (χ3v) is 3.90. The third-order valence-electron chi connectivity index (χ3n) is 1.97. The van der Waals surface area contributed by atoms with E-state index < -0.39 is 0 Å². The molecule has 1 rings (SSSR count). The van der Waals surface area contributed by atoms with Gasteiger partial charge in [0.05, 0.1) is 0 Å². The Morgan fingerprint density at radius 1 is 1.38 bits per heavy atom. The average Bonchev–Trinajstić information content (AvgIpc) is 2.62. The van der Waals surface area contributed by atoms with Gasteiger partial charge >= 0.3 is 0 Å². The van der Waals surface area contributed by atoms with E-state index in [4.69, 9.17) is 0 Å². The quantitative estimate of drug-likeness (QED) is 0.566. The van der Waals surface area contributed by atoms with E-state index in [0.29, 0.717) is 0 Å². The lowest BCUT2D eigenvalue weighted by atomic mass is 10.4. The molecule has 16 heavy (non-hydrogen) atoms. The van der Waals surface area contributed by atoms with Crippen LogP contribution in [0, 0.1) is 6.92 Å². The lowest BCUT2D eigenvalue weighted by Gasteiger charge is -2.09. The molecule has 0 amide bonds. The highest BCUT2D eigenvalue weighted by atomic mass is 32.2. The Morgan fingerprint density at radius 2 is 2.19 bits per heavy atom. The van der Waals surface area contributed by atoms with Crippen molar-refractivity contribution in [3.05, 3.63) is 5.82 Å². The monoisotopic (exact) mass is 260 g/mol. The van der Waals surface area contributed by atoms with Gasteiger partial charge in [0.1, 0.15) is 5.82 Å². The van der Waals surface area contributed by atoms with Crippen molar-refractivity contribution in [2.75, 3.05) is 39.5 Å². The summed E-state index contributed by atoms with van der Waals surface area (Å²) in [6.07, 6.45) is 1.20. The normalized spacial score (nSPS) is 11.2. The first-order chi connectivity index (χ1) is 7.68. The second-order valence-corrected chi connectivity index (χ2v) is 5.96. The largest absolute Gasteiger partial charge is 0.316 e. The fourth-order valence-electron chi connectivity index (χ4n) is 1.19. The van der Waals surface area contributed by atoms with Gasteiger partial charge in [-0.25, -0.2) is 4.98 Å². The van der Waals surface area contributed by atoms with Crippen molar-refractivity contribution in [1.29, 1.82) is 0 Å². The fraction of sp³-hybridized carbons (Fsp3) is 0.800. The van der Waals surface area contributed by atoms with Gasteiger partial charge in [0, 0.05) is 12.3 Å². The van der Waals surface area contributed by atoms with Gasteiger partial charge < -0.3 is 10.2 Å². The fourth-order valence-corrected chi connectivity index (χ4v) is 2.81. The van der Waals surface area contributed by atoms with Gasteiger partial charge in [0.15, 0.2) is 4.34 Å². The average molecular weight is 260 g/mol. The molecule has 0 unspecified atom stereocenters. The minimum atomic E-state index is 0.881. The Labute approximate surface area is 106 Å². The second kappa shape index (κ2) is 8.00. The minimum Gasteiger partial charge on any atom is -0.316 e. The van der Waals surface area contributed by atoms with E-state index in [9.17, 15) is 0 Å². The summed E-state index contributed by atoms with van der Waals surface area (Å²) in [6, 6.07) is 0. The maximum absolute atomic E-state index is 4.30. The number of nitrogens with one attached hydrogen (secondary N) is 1. The molecule has 0 fully saturated rings. The van der Waals surface area contributed by atoms with Crippen LogP contribution >= 0.6 is 23.3 Å². The van der Waals surface area contributed by atoms with Crippen LogP contribution in [0.25, 0.3) is 0 Å². The summed E-state index contributed by atoms with van der Waals surface area (Å²) in [5, 5.41) is 3.43. The van der Waals surface area contributed by atoms with Crippen LogP contribution < -0.4 is 5.32 Å². The number of aromatic nitrogens is 2. The first kappa shape index (κ1) is 13.9. The molecule has 1 aromatic rings. The molecule has 0 atom stereocenters. The summed E-state index contributed by atoms with van der Waals surface area (Å²) in [5.41, 5.74) is 0. The summed E-state index contributed by atoms with van der Waals surface area (Å²) in [4.78, 5) is 6.51. The second-order valence-electron chi connectivity index (χ2n) is 3.86. The number of thioether (sulfide) groups is 1. The van der Waals surface area contributed by atoms with Crippen molar-refractivity contribution in [2.24, 2.45) is 0 Å². The Balaban J connectivity index is 1.92. The van der Waals surface area contributed by atoms with Gasteiger partial charge in [-0.2, -0.15) is 4.37 Å². The van der Waals surface area contributed by atoms with Gasteiger partial charge in [0.2, 0.25) is 0 Å². The van der Waals surface area contributed by atoms with Crippen LogP contribution in [0.2, 0.25) is 0 Å². The predicted octanol–water partition coefficient (Wildman–Crippen LogP) is 1.48. The molecule has 0 aliphatic carbocycles. The van der Waals surface area contributed by atoms with Crippen LogP contribution in [-0.2, 0) is 0 Å². The van der Waals surface area contributed by atoms with Crippen LogP contribution in [-0.4, -0.2) is 53.7 Å². The van der Waals surface area contributed by atoms with E-state index in [1.807, 2.05) is 6.92 Å². The van der Waals surface area contributed by atoms with Crippen molar-refractivity contribution < 1.29 is 0 Å². The number of rotatable bonds is 8.